The van der Waals surface area contributed by atoms with Gasteiger partial charge in [0.05, 0.1) is 24.8 Å². The molecule has 1 N–H and O–H groups in total. The molecule has 0 saturated carbocycles. The number of amides is 1. The molecule has 0 atom stereocenters. The number of hydrogen-bond acceptors (Lipinski definition) is 7. The minimum atomic E-state index is -4.58. The van der Waals surface area contributed by atoms with Gasteiger partial charge < -0.3 is 19.5 Å². The van der Waals surface area contributed by atoms with E-state index in [1.54, 1.807) is 25.3 Å². The Labute approximate surface area is 197 Å². The minimum Gasteiger partial charge on any atom is -0.496 e. The zero-order chi connectivity index (χ0) is 24.8. The monoisotopic (exact) mass is 487 g/mol. The number of fused-ring (bicyclic) bond motifs is 1. The first kappa shape index (κ1) is 23.8. The van der Waals surface area contributed by atoms with Crippen LogP contribution in [-0.2, 0) is 11.0 Å². The second-order valence-electron chi connectivity index (χ2n) is 7.15. The van der Waals surface area contributed by atoms with E-state index in [9.17, 15) is 18.0 Å². The molecule has 12 heteroatoms. The van der Waals surface area contributed by atoms with E-state index in [4.69, 9.17) is 14.2 Å². The van der Waals surface area contributed by atoms with Crippen molar-refractivity contribution in [1.29, 1.82) is 0 Å². The predicted octanol–water partition coefficient (Wildman–Crippen LogP) is 3.39. The summed E-state index contributed by atoms with van der Waals surface area (Å²) in [6.45, 7) is -0.417. The molecule has 182 valence electrons. The molecule has 0 saturated heterocycles. The van der Waals surface area contributed by atoms with Gasteiger partial charge in [0, 0.05) is 6.07 Å². The summed E-state index contributed by atoms with van der Waals surface area (Å²) in [7, 11) is 1.55. The number of hydrogen-bond donors (Lipinski definition) is 1. The molecule has 0 radical (unpaired) electrons. The molecule has 0 unspecified atom stereocenters. The van der Waals surface area contributed by atoms with Gasteiger partial charge in [0.1, 0.15) is 18.1 Å². The van der Waals surface area contributed by atoms with Crippen LogP contribution in [0.5, 0.6) is 17.4 Å². The predicted molar refractivity (Wildman–Crippen MR) is 118 cm³/mol. The number of aromatic nitrogens is 4. The van der Waals surface area contributed by atoms with Gasteiger partial charge in [0.2, 0.25) is 5.88 Å². The average Bonchev–Trinajstić information content (AvgIpc) is 3.28. The van der Waals surface area contributed by atoms with Crippen LogP contribution in [0, 0.1) is 0 Å². The third kappa shape index (κ3) is 5.60. The molecule has 2 aromatic carbocycles. The molecule has 4 rings (SSSR count). The van der Waals surface area contributed by atoms with E-state index in [1.165, 1.54) is 16.6 Å². The molecule has 0 fully saturated rings. The van der Waals surface area contributed by atoms with Crippen molar-refractivity contribution in [2.24, 2.45) is 0 Å². The van der Waals surface area contributed by atoms with Crippen molar-refractivity contribution in [1.82, 2.24) is 25.1 Å². The van der Waals surface area contributed by atoms with Crippen molar-refractivity contribution in [3.8, 4) is 28.8 Å². The van der Waals surface area contributed by atoms with Crippen molar-refractivity contribution in [2.75, 3.05) is 26.9 Å². The molecule has 0 aliphatic heterocycles. The van der Waals surface area contributed by atoms with Crippen LogP contribution >= 0.6 is 0 Å². The van der Waals surface area contributed by atoms with E-state index in [0.717, 1.165) is 12.1 Å². The lowest BCUT2D eigenvalue weighted by atomic mass is 10.2. The topological polar surface area (TPSA) is 99.9 Å². The van der Waals surface area contributed by atoms with Crippen molar-refractivity contribution in [3.63, 3.8) is 0 Å². The third-order valence-corrected chi connectivity index (χ3v) is 4.81. The SMILES string of the molecule is COc1ccccc1-c1nnc2ccc(OCCNC(=O)COc3ccccc3C(F)(F)F)nn12. The number of nitrogens with one attached hydrogen (secondary N) is 1. The summed E-state index contributed by atoms with van der Waals surface area (Å²) in [4.78, 5) is 12.0. The number of methoxy groups -OCH3 is 1. The summed E-state index contributed by atoms with van der Waals surface area (Å²) < 4.78 is 56.5. The van der Waals surface area contributed by atoms with Gasteiger partial charge in [-0.2, -0.15) is 17.7 Å². The Morgan fingerprint density at radius 2 is 1.71 bits per heavy atom. The number of rotatable bonds is 9. The van der Waals surface area contributed by atoms with E-state index >= 15 is 0 Å². The molecular weight excluding hydrogens is 467 g/mol. The zero-order valence-electron chi connectivity index (χ0n) is 18.5. The van der Waals surface area contributed by atoms with Crippen LogP contribution in [0.1, 0.15) is 5.56 Å². The van der Waals surface area contributed by atoms with Crippen LogP contribution in [0.2, 0.25) is 0 Å². The van der Waals surface area contributed by atoms with Crippen LogP contribution in [0.4, 0.5) is 13.2 Å². The van der Waals surface area contributed by atoms with Crippen LogP contribution in [-0.4, -0.2) is 52.6 Å². The standard InChI is InChI=1S/C23H20F3N5O4/c1-33-17-8-4-2-6-15(17)22-29-28-19-10-11-21(30-31(19)22)34-13-12-27-20(32)14-35-18-9-5-3-7-16(18)23(24,25)26/h2-11H,12-14H2,1H3,(H,27,32). The van der Waals surface area contributed by atoms with Gasteiger partial charge in [0.15, 0.2) is 18.1 Å². The molecule has 0 spiro atoms. The lowest BCUT2D eigenvalue weighted by molar-refractivity contribution is -0.139. The number of alkyl halides is 3. The van der Waals surface area contributed by atoms with E-state index in [-0.39, 0.29) is 19.0 Å². The molecule has 4 aromatic rings. The Bertz CT molecular complexity index is 1330. The summed E-state index contributed by atoms with van der Waals surface area (Å²) >= 11 is 0. The summed E-state index contributed by atoms with van der Waals surface area (Å²) in [5.74, 6) is 0.332. The van der Waals surface area contributed by atoms with Gasteiger partial charge in [-0.1, -0.05) is 24.3 Å². The largest absolute Gasteiger partial charge is 0.496 e. The number of nitrogens with zero attached hydrogens (tertiary/aromatic N) is 4. The maximum atomic E-state index is 13.0. The van der Waals surface area contributed by atoms with Gasteiger partial charge in [-0.05, 0) is 30.3 Å². The lowest BCUT2D eigenvalue weighted by Gasteiger charge is -2.13. The van der Waals surface area contributed by atoms with Crippen molar-refractivity contribution in [3.05, 3.63) is 66.2 Å². The lowest BCUT2D eigenvalue weighted by Crippen LogP contribution is -2.32. The number of halogens is 3. The quantitative estimate of drug-likeness (QED) is 0.361. The van der Waals surface area contributed by atoms with Crippen molar-refractivity contribution >= 4 is 11.6 Å². The van der Waals surface area contributed by atoms with Gasteiger partial charge in [-0.3, -0.25) is 4.79 Å². The Hall–Kier alpha value is -4.35. The second kappa shape index (κ2) is 10.3. The fourth-order valence-electron chi connectivity index (χ4n) is 3.21. The Morgan fingerprint density at radius 1 is 0.971 bits per heavy atom. The van der Waals surface area contributed by atoms with Gasteiger partial charge in [-0.25, -0.2) is 0 Å². The van der Waals surface area contributed by atoms with Gasteiger partial charge >= 0.3 is 6.18 Å². The number of ether oxygens (including phenoxy) is 3. The highest BCUT2D eigenvalue weighted by Gasteiger charge is 2.34. The molecule has 1 amide bonds. The smallest absolute Gasteiger partial charge is 0.419 e. The van der Waals surface area contributed by atoms with Crippen LogP contribution in [0.25, 0.3) is 17.0 Å². The average molecular weight is 487 g/mol. The summed E-state index contributed by atoms with van der Waals surface area (Å²) in [5.41, 5.74) is 0.258. The first-order valence-corrected chi connectivity index (χ1v) is 10.4. The van der Waals surface area contributed by atoms with Crippen LogP contribution < -0.4 is 19.5 Å². The molecule has 0 bridgehead atoms. The minimum absolute atomic E-state index is 0.0650. The Morgan fingerprint density at radius 3 is 2.49 bits per heavy atom. The Balaban J connectivity index is 1.32. The zero-order valence-corrected chi connectivity index (χ0v) is 18.5. The van der Waals surface area contributed by atoms with E-state index < -0.39 is 30.0 Å². The number of para-hydroxylation sites is 2. The third-order valence-electron chi connectivity index (χ3n) is 4.81. The summed E-state index contributed by atoms with van der Waals surface area (Å²) in [6, 6.07) is 15.3. The molecule has 0 aliphatic carbocycles. The molecule has 0 aliphatic rings. The van der Waals surface area contributed by atoms with Gasteiger partial charge in [0.25, 0.3) is 5.91 Å². The highest BCUT2D eigenvalue weighted by Crippen LogP contribution is 2.35. The van der Waals surface area contributed by atoms with E-state index in [2.05, 4.69) is 20.6 Å². The molecular formula is C23H20F3N5O4. The summed E-state index contributed by atoms with van der Waals surface area (Å²) in [6.07, 6.45) is -4.58. The number of carbonyl (C=O) groups excluding carboxylic acids is 1. The maximum absolute atomic E-state index is 13.0. The number of carbonyl (C=O) groups is 1. The van der Waals surface area contributed by atoms with Crippen molar-refractivity contribution < 1.29 is 32.2 Å². The molecule has 2 heterocycles. The highest BCUT2D eigenvalue weighted by molar-refractivity contribution is 5.77. The van der Waals surface area contributed by atoms with Gasteiger partial charge in [-0.15, -0.1) is 15.3 Å². The normalized spacial score (nSPS) is 11.3. The molecule has 2 aromatic heterocycles. The fourth-order valence-corrected chi connectivity index (χ4v) is 3.21. The van der Waals surface area contributed by atoms with E-state index in [0.29, 0.717) is 22.8 Å². The molecule has 35 heavy (non-hydrogen) atoms. The number of benzene rings is 2. The van der Waals surface area contributed by atoms with E-state index in [1.807, 2.05) is 18.2 Å². The van der Waals surface area contributed by atoms with Crippen LogP contribution in [0.15, 0.2) is 60.7 Å². The first-order chi connectivity index (χ1) is 16.9. The summed E-state index contributed by atoms with van der Waals surface area (Å²) in [5, 5.41) is 15.2. The van der Waals surface area contributed by atoms with Crippen LogP contribution in [0.3, 0.4) is 0 Å². The second-order valence-corrected chi connectivity index (χ2v) is 7.15. The maximum Gasteiger partial charge on any atom is 0.419 e. The molecule has 9 nitrogen and oxygen atoms in total. The fraction of sp³-hybridized carbons (Fsp3) is 0.217. The Kier molecular flexibility index (Phi) is 6.99. The van der Waals surface area contributed by atoms with Crippen molar-refractivity contribution in [2.45, 2.75) is 6.18 Å². The first-order valence-electron chi connectivity index (χ1n) is 10.4. The highest BCUT2D eigenvalue weighted by atomic mass is 19.4.